The molecule has 0 bridgehead atoms. The van der Waals surface area contributed by atoms with Crippen molar-refractivity contribution in [3.63, 3.8) is 0 Å². The van der Waals surface area contributed by atoms with Crippen LogP contribution in [-0.4, -0.2) is 91.5 Å². The molecule has 1 N–H and O–H groups in total. The van der Waals surface area contributed by atoms with Gasteiger partial charge in [-0.05, 0) is 0 Å². The molecule has 1 aliphatic carbocycles. The number of rotatable bonds is 12. The average Bonchev–Trinajstić information content (AvgIpc) is 2.87. The van der Waals surface area contributed by atoms with Crippen LogP contribution in [0.3, 0.4) is 0 Å². The number of amides is 1. The van der Waals surface area contributed by atoms with Crippen LogP contribution < -0.4 is 9.78 Å². The van der Waals surface area contributed by atoms with Crippen LogP contribution in [0.2, 0.25) is 5.32 Å². The fourth-order valence-electron chi connectivity index (χ4n) is 4.88. The summed E-state index contributed by atoms with van der Waals surface area (Å²) in [5.41, 5.74) is 2.53. The van der Waals surface area contributed by atoms with Gasteiger partial charge in [0.05, 0.1) is 0 Å². The predicted octanol–water partition coefficient (Wildman–Crippen LogP) is 2.76. The summed E-state index contributed by atoms with van der Waals surface area (Å²) in [4.78, 5) is 14.4. The van der Waals surface area contributed by atoms with E-state index < -0.39 is 0 Å². The van der Waals surface area contributed by atoms with Crippen LogP contribution in [-0.2, 0) is 18.9 Å². The molecule has 0 unspecified atom stereocenters. The summed E-state index contributed by atoms with van der Waals surface area (Å²) in [7, 11) is 3.35. The Morgan fingerprint density at radius 2 is 2.03 bits per heavy atom. The second kappa shape index (κ2) is 14.0. The van der Waals surface area contributed by atoms with Crippen LogP contribution in [0.4, 0.5) is 4.79 Å². The Bertz CT molecular complexity index is 815. The number of ether oxygens (including phenoxy) is 4. The molecule has 0 fully saturated rings. The Kier molecular flexibility index (Phi) is 11.1. The molecule has 3 atom stereocenters. The molecule has 1 heterocycles. The first-order valence-electron chi connectivity index (χ1n) is 12.0. The number of hydrogen-bond donors (Lipinski definition) is 1. The zero-order valence-electron chi connectivity index (χ0n) is 20.5. The molecular weight excluding hydrogens is 499 g/mol. The predicted molar refractivity (Wildman–Crippen MR) is 135 cm³/mol. The molecule has 0 aromatic heterocycles. The van der Waals surface area contributed by atoms with E-state index in [0.717, 1.165) is 24.7 Å². The molecule has 8 heteroatoms. The van der Waals surface area contributed by atoms with Gasteiger partial charge < -0.3 is 0 Å². The van der Waals surface area contributed by atoms with E-state index in [1.165, 1.54) is 15.6 Å². The zero-order chi connectivity index (χ0) is 24.3. The van der Waals surface area contributed by atoms with E-state index in [-0.39, 0.29) is 37.1 Å². The van der Waals surface area contributed by atoms with E-state index >= 15 is 0 Å². The molecule has 0 saturated heterocycles. The van der Waals surface area contributed by atoms with Gasteiger partial charge in [-0.2, -0.15) is 0 Å². The molecule has 0 saturated carbocycles. The molecule has 1 aromatic rings. The number of carbonyl (C=O) groups is 1. The molecule has 1 amide bonds. The van der Waals surface area contributed by atoms with E-state index in [9.17, 15) is 4.79 Å². The summed E-state index contributed by atoms with van der Waals surface area (Å²) in [6.07, 6.45) is 2.47. The molecule has 188 valence electrons. The second-order valence-corrected chi connectivity index (χ2v) is 10.8. The van der Waals surface area contributed by atoms with E-state index in [2.05, 4.69) is 42.2 Å². The maximum atomic E-state index is 12.6. The van der Waals surface area contributed by atoms with Gasteiger partial charge in [-0.15, -0.1) is 0 Å². The first-order valence-corrected chi connectivity index (χ1v) is 14.0. The molecule has 7 nitrogen and oxygen atoms in total. The number of methoxy groups -OCH3 is 2. The van der Waals surface area contributed by atoms with Crippen molar-refractivity contribution in [3.05, 3.63) is 54.1 Å². The summed E-state index contributed by atoms with van der Waals surface area (Å²) in [6.45, 7) is 8.58. The van der Waals surface area contributed by atoms with Gasteiger partial charge in [-0.1, -0.05) is 0 Å². The Morgan fingerprint density at radius 3 is 2.71 bits per heavy atom. The molecule has 1 aliphatic heterocycles. The minimum atomic E-state index is -0.386. The van der Waals surface area contributed by atoms with Gasteiger partial charge in [0, 0.05) is 0 Å². The van der Waals surface area contributed by atoms with E-state index in [1.807, 2.05) is 6.92 Å². The average molecular weight is 538 g/mol. The zero-order valence-corrected chi connectivity index (χ0v) is 22.2. The summed E-state index contributed by atoms with van der Waals surface area (Å²) in [5, 5.41) is 4.88. The van der Waals surface area contributed by atoms with Crippen molar-refractivity contribution in [1.82, 2.24) is 10.2 Å². The second-order valence-electron chi connectivity index (χ2n) is 8.35. The van der Waals surface area contributed by atoms with Crippen LogP contribution in [0, 0.1) is 5.92 Å². The number of carbonyl (C=O) groups excluding carboxylic acids is 1. The van der Waals surface area contributed by atoms with Crippen molar-refractivity contribution in [3.8, 4) is 0 Å². The van der Waals surface area contributed by atoms with E-state index in [4.69, 9.17) is 18.9 Å². The van der Waals surface area contributed by atoms with Gasteiger partial charge in [-0.3, -0.25) is 0 Å². The number of benzene rings is 1. The third kappa shape index (κ3) is 6.94. The normalized spacial score (nSPS) is 22.6. The Hall–Kier alpha value is -1.67. The Morgan fingerprint density at radius 1 is 1.26 bits per heavy atom. The number of nitrogens with zero attached hydrogens (tertiary/aromatic N) is 1. The monoisotopic (exact) mass is 538 g/mol. The fraction of sp³-hybridized carbons (Fsp3) is 0.577. The molecule has 0 radical (unpaired) electrons. The fourth-order valence-corrected chi connectivity index (χ4v) is 6.57. The van der Waals surface area contributed by atoms with Gasteiger partial charge in [0.2, 0.25) is 0 Å². The molecule has 3 rings (SSSR count). The van der Waals surface area contributed by atoms with Crippen molar-refractivity contribution in [2.24, 2.45) is 5.92 Å². The van der Waals surface area contributed by atoms with E-state index in [0.29, 0.717) is 34.7 Å². The van der Waals surface area contributed by atoms with Gasteiger partial charge in [0.1, 0.15) is 0 Å². The molecular formula is C26H38N2O5Se. The number of nitrogens with one attached hydrogen (secondary N) is 1. The van der Waals surface area contributed by atoms with Crippen LogP contribution in [0.5, 0.6) is 0 Å². The van der Waals surface area contributed by atoms with Gasteiger partial charge in [0.25, 0.3) is 0 Å². The maximum absolute atomic E-state index is 12.6. The minimum absolute atomic E-state index is 0.00267. The van der Waals surface area contributed by atoms with Crippen LogP contribution in [0.25, 0.3) is 0 Å². The van der Waals surface area contributed by atoms with Crippen LogP contribution in [0.1, 0.15) is 19.8 Å². The standard InChI is InChI=1S/C26H38N2O5Se/c1-5-15-33-26(29)28-14-12-20-21(18-28)22(27-13-16-34-19-10-8-7-9-11-19)17-23(32-6-2)24(20)25(30-3)31-4/h5,7-11,22-25,27H,1,6,12-18H2,2-4H3/t22-,23-,24-/m0/s1. The van der Waals surface area contributed by atoms with Gasteiger partial charge in [0.15, 0.2) is 0 Å². The molecule has 0 spiro atoms. The van der Waals surface area contributed by atoms with Crippen molar-refractivity contribution in [2.75, 3.05) is 47.1 Å². The molecule has 2 aliphatic rings. The van der Waals surface area contributed by atoms with Crippen molar-refractivity contribution in [2.45, 2.75) is 43.5 Å². The quantitative estimate of drug-likeness (QED) is 0.192. The Balaban J connectivity index is 1.78. The summed E-state index contributed by atoms with van der Waals surface area (Å²) >= 11 is 0.423. The van der Waals surface area contributed by atoms with Crippen LogP contribution in [0.15, 0.2) is 54.1 Å². The molecule has 34 heavy (non-hydrogen) atoms. The molecule has 1 aromatic carbocycles. The third-order valence-electron chi connectivity index (χ3n) is 6.34. The van der Waals surface area contributed by atoms with Gasteiger partial charge in [-0.25, -0.2) is 0 Å². The van der Waals surface area contributed by atoms with Crippen molar-refractivity contribution in [1.29, 1.82) is 0 Å². The van der Waals surface area contributed by atoms with Crippen molar-refractivity contribution < 1.29 is 23.7 Å². The summed E-state index contributed by atoms with van der Waals surface area (Å²) in [5.74, 6) is 0.00267. The van der Waals surface area contributed by atoms with Crippen molar-refractivity contribution >= 4 is 25.5 Å². The van der Waals surface area contributed by atoms with Gasteiger partial charge >= 0.3 is 210 Å². The summed E-state index contributed by atoms with van der Waals surface area (Å²) in [6, 6.07) is 10.8. The number of hydrogen-bond acceptors (Lipinski definition) is 6. The first kappa shape index (κ1) is 26.9. The Labute approximate surface area is 210 Å². The SMILES string of the molecule is C=CCOC(=O)N1CCC2=C(C1)[C@@H](NCC[Se]c1ccccc1)C[C@H](OCC)[C@H]2C(OC)OC. The first-order chi connectivity index (χ1) is 16.6. The third-order valence-corrected chi connectivity index (χ3v) is 8.47. The topological polar surface area (TPSA) is 69.3 Å². The van der Waals surface area contributed by atoms with E-state index in [1.54, 1.807) is 25.2 Å². The summed E-state index contributed by atoms with van der Waals surface area (Å²) < 4.78 is 24.4. The van der Waals surface area contributed by atoms with Crippen LogP contribution >= 0.6 is 0 Å².